The summed E-state index contributed by atoms with van der Waals surface area (Å²) in [6, 6.07) is 14.7. The molecule has 4 aliphatic heterocycles. The summed E-state index contributed by atoms with van der Waals surface area (Å²) in [6.07, 6.45) is 1.79. The predicted molar refractivity (Wildman–Crippen MR) is 214 cm³/mol. The van der Waals surface area contributed by atoms with Gasteiger partial charge in [-0.05, 0) is 86.2 Å². The highest BCUT2D eigenvalue weighted by atomic mass is 16.6. The number of hydrogen-bond donors (Lipinski definition) is 3. The number of benzene rings is 2. The molecule has 3 N–H and O–H groups in total. The third kappa shape index (κ3) is 5.15. The number of rotatable bonds is 4. The minimum Gasteiger partial charge on any atom is -0.508 e. The maximum absolute atomic E-state index is 13.3. The second kappa shape index (κ2) is 13.2. The van der Waals surface area contributed by atoms with Gasteiger partial charge in [0.25, 0.3) is 11.1 Å². The number of pyridine rings is 4. The summed E-state index contributed by atoms with van der Waals surface area (Å²) < 4.78 is 13.6. The average molecular weight is 783 g/mol. The Kier molecular flexibility index (Phi) is 8.50. The number of fused-ring (bicyclic) bond motifs is 10. The molecule has 10 rings (SSSR count). The van der Waals surface area contributed by atoms with Crippen molar-refractivity contribution < 1.29 is 34.4 Å². The highest BCUT2D eigenvalue weighted by Crippen LogP contribution is 2.42. The van der Waals surface area contributed by atoms with Crippen LogP contribution in [0, 0.1) is 6.92 Å². The number of carbonyl (C=O) groups excluding carboxylic acids is 2. The van der Waals surface area contributed by atoms with Crippen molar-refractivity contribution in [3.8, 4) is 28.5 Å². The zero-order chi connectivity index (χ0) is 41.0. The zero-order valence-electron chi connectivity index (χ0n) is 32.9. The molecule has 0 radical (unpaired) electrons. The fraction of sp³-hybridized carbons (Fsp3) is 0.333. The second-order valence-electron chi connectivity index (χ2n) is 15.5. The molecule has 2 unspecified atom stereocenters. The number of aliphatic hydroxyl groups is 2. The molecule has 2 aromatic carbocycles. The first-order valence-electron chi connectivity index (χ1n) is 19.7. The van der Waals surface area contributed by atoms with E-state index in [-0.39, 0.29) is 42.9 Å². The lowest BCUT2D eigenvalue weighted by Gasteiger charge is -2.31. The van der Waals surface area contributed by atoms with Crippen LogP contribution in [-0.4, -0.2) is 46.4 Å². The smallest absolute Gasteiger partial charge is 0.343 e. The van der Waals surface area contributed by atoms with E-state index in [0.29, 0.717) is 58.8 Å². The summed E-state index contributed by atoms with van der Waals surface area (Å²) in [5, 5.41) is 33.8. The fourth-order valence-electron chi connectivity index (χ4n) is 9.23. The van der Waals surface area contributed by atoms with Crippen LogP contribution in [0.15, 0.2) is 58.1 Å². The van der Waals surface area contributed by atoms with Crippen molar-refractivity contribution in [1.82, 2.24) is 19.1 Å². The molecule has 0 bridgehead atoms. The lowest BCUT2D eigenvalue weighted by atomic mass is 9.86. The third-order valence-electron chi connectivity index (χ3n) is 12.5. The van der Waals surface area contributed by atoms with E-state index in [1.54, 1.807) is 53.3 Å². The van der Waals surface area contributed by atoms with Gasteiger partial charge in [-0.15, -0.1) is 0 Å². The molecule has 2 atom stereocenters. The minimum absolute atomic E-state index is 0.110. The monoisotopic (exact) mass is 782 g/mol. The van der Waals surface area contributed by atoms with Crippen molar-refractivity contribution >= 4 is 33.7 Å². The van der Waals surface area contributed by atoms with E-state index < -0.39 is 23.1 Å². The van der Waals surface area contributed by atoms with Crippen LogP contribution in [0.25, 0.3) is 44.6 Å². The Morgan fingerprint density at radius 2 is 1.09 bits per heavy atom. The van der Waals surface area contributed by atoms with Gasteiger partial charge in [0.15, 0.2) is 11.2 Å². The summed E-state index contributed by atoms with van der Waals surface area (Å²) in [5.41, 5.74) is 6.84. The van der Waals surface area contributed by atoms with Crippen molar-refractivity contribution in [2.75, 3.05) is 0 Å². The molecule has 6 aromatic rings. The Balaban J connectivity index is 0.000000150. The topological polar surface area (TPSA) is 183 Å². The van der Waals surface area contributed by atoms with Crippen LogP contribution in [0.2, 0.25) is 0 Å². The standard InChI is InChI=1S/C23H22N2O4.C22H20N2O5/c1-4-13-14-8-12(3)6-7-18(14)24-20-15(13)10-25-19(20)9-17-16(21(25)26)11-29-22(27)23(17,28)5-2;1-3-12-13-7-11(25)5-6-17(13)23-19-14(12)9-24-18(19)8-16-15(20(24)26)10-29-21(27)22(16,28)4-2/h6-9,28H,4-5,10-11H2,1-3H3;5-8,25,28H,3-4,9-10H2,1-2H3. The van der Waals surface area contributed by atoms with Crippen LogP contribution in [-0.2, 0) is 69.4 Å². The van der Waals surface area contributed by atoms with Gasteiger partial charge in [0, 0.05) is 33.0 Å². The molecular weight excluding hydrogens is 741 g/mol. The minimum atomic E-state index is -1.83. The second-order valence-corrected chi connectivity index (χ2v) is 15.5. The zero-order valence-corrected chi connectivity index (χ0v) is 32.9. The van der Waals surface area contributed by atoms with E-state index in [2.05, 4.69) is 19.9 Å². The number of ether oxygens (including phenoxy) is 2. The number of aromatic hydroxyl groups is 1. The van der Waals surface area contributed by atoms with Gasteiger partial charge in [-0.2, -0.15) is 0 Å². The van der Waals surface area contributed by atoms with E-state index in [0.717, 1.165) is 50.6 Å². The molecule has 8 heterocycles. The van der Waals surface area contributed by atoms with Gasteiger partial charge in [-0.25, -0.2) is 19.6 Å². The maximum atomic E-state index is 13.3. The molecule has 0 amide bonds. The lowest BCUT2D eigenvalue weighted by molar-refractivity contribution is -0.172. The van der Waals surface area contributed by atoms with Gasteiger partial charge in [0.2, 0.25) is 0 Å². The summed E-state index contributed by atoms with van der Waals surface area (Å²) in [6.45, 7) is 10.1. The fourth-order valence-corrected chi connectivity index (χ4v) is 9.23. The molecule has 4 aliphatic rings. The van der Waals surface area contributed by atoms with Gasteiger partial charge >= 0.3 is 11.9 Å². The van der Waals surface area contributed by atoms with Crippen LogP contribution < -0.4 is 11.1 Å². The van der Waals surface area contributed by atoms with Gasteiger partial charge in [-0.1, -0.05) is 39.3 Å². The Labute approximate surface area is 332 Å². The van der Waals surface area contributed by atoms with E-state index in [1.807, 2.05) is 19.1 Å². The number of phenols is 1. The van der Waals surface area contributed by atoms with Gasteiger partial charge in [0.05, 0.1) is 58.0 Å². The summed E-state index contributed by atoms with van der Waals surface area (Å²) >= 11 is 0. The first kappa shape index (κ1) is 37.4. The van der Waals surface area contributed by atoms with Crippen LogP contribution in [0.3, 0.4) is 0 Å². The number of aromatic nitrogens is 4. The summed E-state index contributed by atoms with van der Waals surface area (Å²) in [4.78, 5) is 60.7. The molecule has 0 saturated carbocycles. The molecule has 0 spiro atoms. The number of hydrogen-bond acceptors (Lipinski definition) is 11. The van der Waals surface area contributed by atoms with E-state index in [1.165, 1.54) is 11.1 Å². The van der Waals surface area contributed by atoms with Crippen molar-refractivity contribution in [1.29, 1.82) is 0 Å². The Morgan fingerprint density at radius 3 is 1.53 bits per heavy atom. The highest BCUT2D eigenvalue weighted by molar-refractivity contribution is 5.91. The van der Waals surface area contributed by atoms with Crippen molar-refractivity contribution in [2.24, 2.45) is 0 Å². The molecular formula is C45H42N4O9. The molecule has 4 aromatic heterocycles. The van der Waals surface area contributed by atoms with Crippen LogP contribution in [0.1, 0.15) is 90.6 Å². The maximum Gasteiger partial charge on any atom is 0.343 e. The number of aryl methyl sites for hydroxylation is 3. The molecule has 13 nitrogen and oxygen atoms in total. The summed E-state index contributed by atoms with van der Waals surface area (Å²) in [7, 11) is 0. The predicted octanol–water partition coefficient (Wildman–Crippen LogP) is 5.30. The largest absolute Gasteiger partial charge is 0.508 e. The number of phenolic OH excluding ortho intramolecular Hbond substituents is 1. The number of carbonyl (C=O) groups is 2. The molecule has 13 heteroatoms. The molecule has 0 saturated heterocycles. The Bertz CT molecular complexity index is 2750. The first-order chi connectivity index (χ1) is 27.8. The first-order valence-corrected chi connectivity index (χ1v) is 19.7. The Morgan fingerprint density at radius 1 is 0.638 bits per heavy atom. The highest BCUT2D eigenvalue weighted by Gasteiger charge is 2.47. The van der Waals surface area contributed by atoms with E-state index in [9.17, 15) is 34.5 Å². The molecule has 0 aliphatic carbocycles. The molecule has 296 valence electrons. The normalized spacial score (nSPS) is 19.6. The summed E-state index contributed by atoms with van der Waals surface area (Å²) in [5.74, 6) is -1.27. The van der Waals surface area contributed by atoms with Crippen molar-refractivity contribution in [3.63, 3.8) is 0 Å². The van der Waals surface area contributed by atoms with Crippen LogP contribution in [0.4, 0.5) is 0 Å². The molecule has 0 fully saturated rings. The van der Waals surface area contributed by atoms with Gasteiger partial charge in [-0.3, -0.25) is 9.59 Å². The quantitative estimate of drug-likeness (QED) is 0.197. The van der Waals surface area contributed by atoms with Crippen LogP contribution >= 0.6 is 0 Å². The van der Waals surface area contributed by atoms with E-state index in [4.69, 9.17) is 19.4 Å². The molecule has 58 heavy (non-hydrogen) atoms. The number of nitrogens with zero attached hydrogens (tertiary/aromatic N) is 4. The number of esters is 2. The van der Waals surface area contributed by atoms with Gasteiger partial charge in [0.1, 0.15) is 19.0 Å². The lowest BCUT2D eigenvalue weighted by Crippen LogP contribution is -2.44. The Hall–Kier alpha value is -6.18. The van der Waals surface area contributed by atoms with Gasteiger partial charge < -0.3 is 33.9 Å². The van der Waals surface area contributed by atoms with Crippen molar-refractivity contribution in [3.05, 3.63) is 119 Å². The number of cyclic esters (lactones) is 2. The van der Waals surface area contributed by atoms with Crippen LogP contribution in [0.5, 0.6) is 5.75 Å². The SMILES string of the molecule is CCc1c2c(nc3ccc(C)cc13)-c1cc3c(c(=O)n1C2)COC(=O)C3(O)CC.CCc1c2c(nc3ccc(O)cc13)-c1cc3c(c(=O)n1C2)COC(=O)C3(O)CC. The van der Waals surface area contributed by atoms with Crippen molar-refractivity contribution in [2.45, 2.75) is 97.8 Å². The van der Waals surface area contributed by atoms with E-state index >= 15 is 0 Å². The third-order valence-corrected chi connectivity index (χ3v) is 12.5. The average Bonchev–Trinajstić information content (AvgIpc) is 3.78.